The molecule has 2 aliphatic rings. The molecule has 1 aliphatic carbocycles. The molecule has 4 nitrogen and oxygen atoms in total. The summed E-state index contributed by atoms with van der Waals surface area (Å²) in [5, 5.41) is 3.19. The van der Waals surface area contributed by atoms with Crippen LogP contribution in [0.3, 0.4) is 0 Å². The largest absolute Gasteiger partial charge is 0.416 e. The van der Waals surface area contributed by atoms with E-state index in [1.807, 2.05) is 0 Å². The summed E-state index contributed by atoms with van der Waals surface area (Å²) in [5.41, 5.74) is 0.0302. The van der Waals surface area contributed by atoms with Crippen molar-refractivity contribution in [1.82, 2.24) is 4.31 Å². The van der Waals surface area contributed by atoms with Crippen molar-refractivity contribution in [1.29, 1.82) is 0 Å². The molecule has 1 aliphatic heterocycles. The van der Waals surface area contributed by atoms with E-state index in [0.717, 1.165) is 44.2 Å². The van der Waals surface area contributed by atoms with Crippen LogP contribution >= 0.6 is 0 Å². The normalized spacial score (nSPS) is 27.3. The lowest BCUT2D eigenvalue weighted by Gasteiger charge is -2.33. The Balaban J connectivity index is 1.47. The average Bonchev–Trinajstić information content (AvgIpc) is 2.92. The molecule has 1 saturated carbocycles. The Kier molecular flexibility index (Phi) is 5.29. The quantitative estimate of drug-likeness (QED) is 0.872. The van der Waals surface area contributed by atoms with Crippen molar-refractivity contribution in [2.75, 3.05) is 24.2 Å². The molecule has 0 spiro atoms. The maximum atomic E-state index is 12.5. The highest BCUT2D eigenvalue weighted by Crippen LogP contribution is 2.32. The van der Waals surface area contributed by atoms with Gasteiger partial charge in [0.25, 0.3) is 0 Å². The topological polar surface area (TPSA) is 49.4 Å². The van der Waals surface area contributed by atoms with Crippen LogP contribution in [0.5, 0.6) is 0 Å². The Morgan fingerprint density at radius 3 is 2.24 bits per heavy atom. The molecule has 2 fully saturated rings. The first-order valence-corrected chi connectivity index (χ1v) is 10.3. The molecule has 0 amide bonds. The van der Waals surface area contributed by atoms with Gasteiger partial charge in [0.2, 0.25) is 10.0 Å². The lowest BCUT2D eigenvalue weighted by molar-refractivity contribution is -0.137. The standard InChI is InChI=1S/C17H23F3N2O2S/c18-17(19,20)14-4-6-15(7-5-14)21-12-13-2-8-16(9-3-13)22-10-1-11-25(22,23)24/h4-7,13,16,21H,1-3,8-12H2/t13-,16-. The van der Waals surface area contributed by atoms with Crippen molar-refractivity contribution in [3.05, 3.63) is 29.8 Å². The molecule has 1 heterocycles. The minimum atomic E-state index is -4.31. The lowest BCUT2D eigenvalue weighted by atomic mass is 9.86. The SMILES string of the molecule is O=S1(=O)CCCN1[C@H]1CC[C@H](CNc2ccc(C(F)(F)F)cc2)CC1. The van der Waals surface area contributed by atoms with Crippen molar-refractivity contribution in [3.8, 4) is 0 Å². The maximum absolute atomic E-state index is 12.5. The van der Waals surface area contributed by atoms with Crippen molar-refractivity contribution >= 4 is 15.7 Å². The van der Waals surface area contributed by atoms with Gasteiger partial charge >= 0.3 is 6.18 Å². The number of halogens is 3. The molecule has 0 radical (unpaired) electrons. The Morgan fingerprint density at radius 1 is 1.08 bits per heavy atom. The predicted molar refractivity (Wildman–Crippen MR) is 90.8 cm³/mol. The van der Waals surface area contributed by atoms with Crippen molar-refractivity contribution in [2.24, 2.45) is 5.92 Å². The second-order valence-electron chi connectivity index (χ2n) is 6.91. The van der Waals surface area contributed by atoms with E-state index in [1.54, 1.807) is 4.31 Å². The summed E-state index contributed by atoms with van der Waals surface area (Å²) in [6.45, 7) is 1.34. The van der Waals surface area contributed by atoms with E-state index in [9.17, 15) is 21.6 Å². The maximum Gasteiger partial charge on any atom is 0.416 e. The molecule has 25 heavy (non-hydrogen) atoms. The summed E-state index contributed by atoms with van der Waals surface area (Å²) in [7, 11) is -3.05. The van der Waals surface area contributed by atoms with E-state index in [1.165, 1.54) is 12.1 Å². The zero-order valence-electron chi connectivity index (χ0n) is 13.9. The van der Waals surface area contributed by atoms with Gasteiger partial charge in [0.15, 0.2) is 0 Å². The molecule has 1 saturated heterocycles. The summed E-state index contributed by atoms with van der Waals surface area (Å²) in [5.74, 6) is 0.687. The fraction of sp³-hybridized carbons (Fsp3) is 0.647. The summed E-state index contributed by atoms with van der Waals surface area (Å²) in [4.78, 5) is 0. The predicted octanol–water partition coefficient (Wildman–Crippen LogP) is 3.71. The summed E-state index contributed by atoms with van der Waals surface area (Å²) >= 11 is 0. The molecule has 0 atom stereocenters. The molecule has 0 unspecified atom stereocenters. The average molecular weight is 376 g/mol. The number of nitrogens with one attached hydrogen (secondary N) is 1. The van der Waals surface area contributed by atoms with Gasteiger partial charge in [-0.05, 0) is 62.3 Å². The van der Waals surface area contributed by atoms with Crippen LogP contribution < -0.4 is 5.32 Å². The van der Waals surface area contributed by atoms with E-state index in [-0.39, 0.29) is 11.8 Å². The zero-order valence-corrected chi connectivity index (χ0v) is 14.7. The van der Waals surface area contributed by atoms with E-state index in [4.69, 9.17) is 0 Å². The van der Waals surface area contributed by atoms with Crippen molar-refractivity contribution < 1.29 is 21.6 Å². The fourth-order valence-electron chi connectivity index (χ4n) is 3.75. The second kappa shape index (κ2) is 7.15. The van der Waals surface area contributed by atoms with Gasteiger partial charge in [0, 0.05) is 24.8 Å². The van der Waals surface area contributed by atoms with Gasteiger partial charge in [-0.15, -0.1) is 0 Å². The number of anilines is 1. The lowest BCUT2D eigenvalue weighted by Crippen LogP contribution is -2.39. The van der Waals surface area contributed by atoms with E-state index in [0.29, 0.717) is 24.7 Å². The molecular formula is C17H23F3N2O2S. The summed E-state index contributed by atoms with van der Waals surface area (Å²) in [6, 6.07) is 5.18. The molecule has 1 aromatic carbocycles. The van der Waals surface area contributed by atoms with E-state index in [2.05, 4.69) is 5.32 Å². The molecule has 8 heteroatoms. The number of benzene rings is 1. The molecule has 1 aromatic rings. The highest BCUT2D eigenvalue weighted by Gasteiger charge is 2.36. The first kappa shape index (κ1) is 18.5. The number of sulfonamides is 1. The monoisotopic (exact) mass is 376 g/mol. The van der Waals surface area contributed by atoms with Crippen LogP contribution in [0.1, 0.15) is 37.7 Å². The first-order valence-electron chi connectivity index (χ1n) is 8.66. The Morgan fingerprint density at radius 2 is 1.72 bits per heavy atom. The minimum absolute atomic E-state index is 0.120. The zero-order chi connectivity index (χ0) is 18.1. The van der Waals surface area contributed by atoms with Crippen LogP contribution in [0.4, 0.5) is 18.9 Å². The molecule has 0 aromatic heterocycles. The van der Waals surface area contributed by atoms with Crippen LogP contribution in [0, 0.1) is 5.92 Å². The Bertz CT molecular complexity index is 681. The molecular weight excluding hydrogens is 353 g/mol. The van der Waals surface area contributed by atoms with Gasteiger partial charge in [0.1, 0.15) is 0 Å². The van der Waals surface area contributed by atoms with E-state index < -0.39 is 21.8 Å². The van der Waals surface area contributed by atoms with Gasteiger partial charge in [-0.1, -0.05) is 0 Å². The minimum Gasteiger partial charge on any atom is -0.385 e. The number of hydrogen-bond donors (Lipinski definition) is 1. The van der Waals surface area contributed by atoms with Crippen LogP contribution in [-0.2, 0) is 16.2 Å². The number of rotatable bonds is 4. The third-order valence-corrected chi connectivity index (χ3v) is 7.17. The summed E-state index contributed by atoms with van der Waals surface area (Å²) in [6.07, 6.45) is -0.00359. The van der Waals surface area contributed by atoms with Crippen molar-refractivity contribution in [2.45, 2.75) is 44.3 Å². The first-order chi connectivity index (χ1) is 11.8. The Labute approximate surface area is 146 Å². The third-order valence-electron chi connectivity index (χ3n) is 5.17. The van der Waals surface area contributed by atoms with Crippen LogP contribution in [-0.4, -0.2) is 37.6 Å². The number of alkyl halides is 3. The van der Waals surface area contributed by atoms with Crippen LogP contribution in [0.15, 0.2) is 24.3 Å². The number of hydrogen-bond acceptors (Lipinski definition) is 3. The Hall–Kier alpha value is -1.28. The van der Waals surface area contributed by atoms with Crippen molar-refractivity contribution in [3.63, 3.8) is 0 Å². The smallest absolute Gasteiger partial charge is 0.385 e. The third kappa shape index (κ3) is 4.47. The van der Waals surface area contributed by atoms with Gasteiger partial charge in [0.05, 0.1) is 11.3 Å². The highest BCUT2D eigenvalue weighted by molar-refractivity contribution is 7.89. The van der Waals surface area contributed by atoms with E-state index >= 15 is 0 Å². The highest BCUT2D eigenvalue weighted by atomic mass is 32.2. The van der Waals surface area contributed by atoms with Crippen LogP contribution in [0.25, 0.3) is 0 Å². The van der Waals surface area contributed by atoms with Crippen LogP contribution in [0.2, 0.25) is 0 Å². The number of nitrogens with zero attached hydrogens (tertiary/aromatic N) is 1. The molecule has 140 valence electrons. The second-order valence-corrected chi connectivity index (χ2v) is 8.95. The summed E-state index contributed by atoms with van der Waals surface area (Å²) < 4.78 is 63.3. The molecule has 1 N–H and O–H groups in total. The molecule has 0 bridgehead atoms. The van der Waals surface area contributed by atoms with Gasteiger partial charge < -0.3 is 5.32 Å². The van der Waals surface area contributed by atoms with Gasteiger partial charge in [-0.2, -0.15) is 17.5 Å². The molecule has 3 rings (SSSR count). The van der Waals surface area contributed by atoms with Gasteiger partial charge in [-0.3, -0.25) is 0 Å². The fourth-order valence-corrected chi connectivity index (χ4v) is 5.55. The van der Waals surface area contributed by atoms with Gasteiger partial charge in [-0.25, -0.2) is 8.42 Å².